The molecule has 2 aliphatic heterocycles. The van der Waals surface area contributed by atoms with E-state index in [0.29, 0.717) is 17.1 Å². The molecule has 160 valence electrons. The standard InChI is InChI=1S/C24H18F2N4O2/c25-23(26)32-16-12-10-15(11-13-16)21-19-20(14-6-2-1-3-7-14)27-17-8-4-5-9-18(17)28-22(19)30-24(31)29-21/h1-13,21,23,27H,(H2,28,29,30,31)/t21-/m1/s1. The lowest BCUT2D eigenvalue weighted by molar-refractivity contribution is -0.0498. The quantitative estimate of drug-likeness (QED) is 0.530. The summed E-state index contributed by atoms with van der Waals surface area (Å²) in [5.74, 6) is 0.463. The molecule has 2 heterocycles. The number of benzene rings is 3. The van der Waals surface area contributed by atoms with E-state index < -0.39 is 18.7 Å². The number of urea groups is 1. The third kappa shape index (κ3) is 3.78. The van der Waals surface area contributed by atoms with Crippen LogP contribution >= 0.6 is 0 Å². The fourth-order valence-electron chi connectivity index (χ4n) is 3.83. The second-order valence-corrected chi connectivity index (χ2v) is 7.24. The number of carbonyl (C=O) groups is 1. The largest absolute Gasteiger partial charge is 0.435 e. The number of nitrogens with one attached hydrogen (secondary N) is 3. The molecule has 0 aromatic heterocycles. The summed E-state index contributed by atoms with van der Waals surface area (Å²) in [6, 6.07) is 22.5. The van der Waals surface area contributed by atoms with Crippen LogP contribution in [-0.2, 0) is 0 Å². The Balaban J connectivity index is 1.67. The number of ether oxygens (including phenoxy) is 1. The van der Waals surface area contributed by atoms with E-state index in [1.54, 1.807) is 12.1 Å². The van der Waals surface area contributed by atoms with Crippen molar-refractivity contribution < 1.29 is 18.3 Å². The van der Waals surface area contributed by atoms with Gasteiger partial charge in [0, 0.05) is 5.57 Å². The maximum atomic E-state index is 12.5. The summed E-state index contributed by atoms with van der Waals surface area (Å²) in [5, 5.41) is 9.22. The fourth-order valence-corrected chi connectivity index (χ4v) is 3.83. The summed E-state index contributed by atoms with van der Waals surface area (Å²) < 4.78 is 29.5. The van der Waals surface area contributed by atoms with Crippen LogP contribution in [0.5, 0.6) is 5.75 Å². The van der Waals surface area contributed by atoms with E-state index >= 15 is 0 Å². The molecule has 3 aromatic carbocycles. The Hall–Kier alpha value is -4.20. The van der Waals surface area contributed by atoms with Crippen molar-refractivity contribution in [2.24, 2.45) is 4.99 Å². The van der Waals surface area contributed by atoms with Gasteiger partial charge in [-0.3, -0.25) is 5.32 Å². The molecule has 0 saturated carbocycles. The topological polar surface area (TPSA) is 74.8 Å². The van der Waals surface area contributed by atoms with Gasteiger partial charge in [0.2, 0.25) is 0 Å². The SMILES string of the molecule is O=C1NC2=Nc3ccccc3NC(c3ccccc3)=C2[C@@H](c2ccc(OC(F)F)cc2)N1. The number of amidine groups is 1. The fraction of sp³-hybridized carbons (Fsp3) is 0.0833. The smallest absolute Gasteiger partial charge is 0.387 e. The van der Waals surface area contributed by atoms with Gasteiger partial charge in [-0.05, 0) is 35.4 Å². The number of para-hydroxylation sites is 2. The molecular formula is C24H18F2N4O2. The molecule has 1 saturated heterocycles. The zero-order chi connectivity index (χ0) is 22.1. The molecule has 6 nitrogen and oxygen atoms in total. The molecule has 5 rings (SSSR count). The summed E-state index contributed by atoms with van der Waals surface area (Å²) in [7, 11) is 0. The van der Waals surface area contributed by atoms with Crippen LogP contribution in [-0.4, -0.2) is 18.5 Å². The monoisotopic (exact) mass is 432 g/mol. The normalized spacial score (nSPS) is 17.3. The third-order valence-corrected chi connectivity index (χ3v) is 5.22. The highest BCUT2D eigenvalue weighted by molar-refractivity contribution is 6.18. The number of halogens is 2. The number of alkyl halides is 2. The number of fused-ring (bicyclic) bond motifs is 2. The van der Waals surface area contributed by atoms with Crippen LogP contribution in [0.4, 0.5) is 25.0 Å². The van der Waals surface area contributed by atoms with E-state index in [0.717, 1.165) is 22.5 Å². The van der Waals surface area contributed by atoms with Gasteiger partial charge in [-0.15, -0.1) is 0 Å². The number of anilines is 1. The van der Waals surface area contributed by atoms with Crippen molar-refractivity contribution in [3.05, 3.63) is 95.6 Å². The van der Waals surface area contributed by atoms with Gasteiger partial charge in [0.05, 0.1) is 23.1 Å². The van der Waals surface area contributed by atoms with Gasteiger partial charge < -0.3 is 15.4 Å². The van der Waals surface area contributed by atoms with Crippen molar-refractivity contribution >= 4 is 28.9 Å². The zero-order valence-electron chi connectivity index (χ0n) is 16.7. The number of aliphatic imine (C=N–C) groups is 1. The molecule has 3 aromatic rings. The maximum Gasteiger partial charge on any atom is 0.387 e. The Kier molecular flexibility index (Phi) is 5.03. The first-order valence-corrected chi connectivity index (χ1v) is 9.95. The van der Waals surface area contributed by atoms with Gasteiger partial charge >= 0.3 is 12.6 Å². The van der Waals surface area contributed by atoms with Crippen LogP contribution < -0.4 is 20.7 Å². The van der Waals surface area contributed by atoms with E-state index in [-0.39, 0.29) is 5.75 Å². The van der Waals surface area contributed by atoms with E-state index in [4.69, 9.17) is 4.99 Å². The van der Waals surface area contributed by atoms with Gasteiger partial charge in [-0.2, -0.15) is 8.78 Å². The first kappa shape index (κ1) is 19.7. The van der Waals surface area contributed by atoms with Crippen molar-refractivity contribution in [2.75, 3.05) is 5.32 Å². The first-order valence-electron chi connectivity index (χ1n) is 9.95. The van der Waals surface area contributed by atoms with Crippen LogP contribution in [0.25, 0.3) is 5.70 Å². The minimum Gasteiger partial charge on any atom is -0.435 e. The highest BCUT2D eigenvalue weighted by atomic mass is 19.3. The van der Waals surface area contributed by atoms with Gasteiger partial charge in [0.25, 0.3) is 0 Å². The van der Waals surface area contributed by atoms with E-state index in [9.17, 15) is 13.6 Å². The average Bonchev–Trinajstić information content (AvgIpc) is 2.96. The molecule has 0 unspecified atom stereocenters. The van der Waals surface area contributed by atoms with Crippen molar-refractivity contribution in [1.82, 2.24) is 10.6 Å². The van der Waals surface area contributed by atoms with E-state index in [1.807, 2.05) is 54.6 Å². The Morgan fingerprint density at radius 1 is 0.875 bits per heavy atom. The zero-order valence-corrected chi connectivity index (χ0v) is 16.7. The lowest BCUT2D eigenvalue weighted by atomic mass is 9.92. The predicted octanol–water partition coefficient (Wildman–Crippen LogP) is 5.21. The van der Waals surface area contributed by atoms with Crippen LogP contribution in [0, 0.1) is 0 Å². The molecule has 1 atom stereocenters. The van der Waals surface area contributed by atoms with Gasteiger partial charge in [0.15, 0.2) is 0 Å². The Morgan fingerprint density at radius 3 is 2.34 bits per heavy atom. The van der Waals surface area contributed by atoms with Gasteiger partial charge in [-0.25, -0.2) is 9.79 Å². The second kappa shape index (κ2) is 8.14. The van der Waals surface area contributed by atoms with Crippen LogP contribution in [0.1, 0.15) is 17.2 Å². The van der Waals surface area contributed by atoms with E-state index in [2.05, 4.69) is 20.7 Å². The number of nitrogens with zero attached hydrogens (tertiary/aromatic N) is 1. The summed E-state index contributed by atoms with van der Waals surface area (Å²) in [4.78, 5) is 17.2. The predicted molar refractivity (Wildman–Crippen MR) is 118 cm³/mol. The number of hydrogen-bond donors (Lipinski definition) is 3. The molecule has 0 radical (unpaired) electrons. The lowest BCUT2D eigenvalue weighted by Crippen LogP contribution is -2.50. The van der Waals surface area contributed by atoms with Crippen molar-refractivity contribution in [2.45, 2.75) is 12.7 Å². The molecule has 0 bridgehead atoms. The van der Waals surface area contributed by atoms with Crippen molar-refractivity contribution in [3.63, 3.8) is 0 Å². The number of amides is 2. The molecule has 0 aliphatic carbocycles. The van der Waals surface area contributed by atoms with Gasteiger partial charge in [-0.1, -0.05) is 54.6 Å². The Bertz CT molecular complexity index is 1220. The van der Waals surface area contributed by atoms with Gasteiger partial charge in [0.1, 0.15) is 11.6 Å². The first-order chi connectivity index (χ1) is 15.6. The summed E-state index contributed by atoms with van der Waals surface area (Å²) in [6.07, 6.45) is 0. The Labute approximate surface area is 182 Å². The summed E-state index contributed by atoms with van der Waals surface area (Å²) in [5.41, 5.74) is 4.61. The van der Waals surface area contributed by atoms with Crippen molar-refractivity contribution in [1.29, 1.82) is 0 Å². The molecule has 0 spiro atoms. The number of carbonyl (C=O) groups excluding carboxylic acids is 1. The van der Waals surface area contributed by atoms with Crippen LogP contribution in [0.15, 0.2) is 89.4 Å². The maximum absolute atomic E-state index is 12.5. The summed E-state index contributed by atoms with van der Waals surface area (Å²) >= 11 is 0. The average molecular weight is 432 g/mol. The third-order valence-electron chi connectivity index (χ3n) is 5.22. The minimum absolute atomic E-state index is 0.0431. The highest BCUT2D eigenvalue weighted by Gasteiger charge is 2.34. The summed E-state index contributed by atoms with van der Waals surface area (Å²) in [6.45, 7) is -2.91. The minimum atomic E-state index is -2.91. The molecule has 32 heavy (non-hydrogen) atoms. The molecule has 2 amide bonds. The lowest BCUT2D eigenvalue weighted by Gasteiger charge is -2.30. The molecular weight excluding hydrogens is 414 g/mol. The van der Waals surface area contributed by atoms with Crippen LogP contribution in [0.3, 0.4) is 0 Å². The Morgan fingerprint density at radius 2 is 1.59 bits per heavy atom. The molecule has 1 fully saturated rings. The van der Waals surface area contributed by atoms with Crippen molar-refractivity contribution in [3.8, 4) is 5.75 Å². The molecule has 8 heteroatoms. The highest BCUT2D eigenvalue weighted by Crippen LogP contribution is 2.39. The second-order valence-electron chi connectivity index (χ2n) is 7.24. The molecule has 3 N–H and O–H groups in total. The molecule has 2 aliphatic rings. The number of rotatable bonds is 4. The number of hydrogen-bond acceptors (Lipinski definition) is 4. The van der Waals surface area contributed by atoms with E-state index in [1.165, 1.54) is 12.1 Å². The van der Waals surface area contributed by atoms with Crippen LogP contribution in [0.2, 0.25) is 0 Å².